The molecule has 0 aliphatic rings. The van der Waals surface area contributed by atoms with Crippen molar-refractivity contribution in [1.82, 2.24) is 10.3 Å². The van der Waals surface area contributed by atoms with Crippen LogP contribution in [0.15, 0.2) is 30.5 Å². The second-order valence-electron chi connectivity index (χ2n) is 5.96. The van der Waals surface area contributed by atoms with Gasteiger partial charge in [0, 0.05) is 17.1 Å². The number of carbonyl (C=O) groups is 1. The number of aliphatic hydroxyl groups is 1. The molecule has 4 heteroatoms. The molecule has 0 saturated heterocycles. The predicted octanol–water partition coefficient (Wildman–Crippen LogP) is 2.83. The topological polar surface area (TPSA) is 65.1 Å². The third-order valence-electron chi connectivity index (χ3n) is 4.36. The molecule has 3 N–H and O–H groups in total. The molecule has 2 atom stereocenters. The fourth-order valence-electron chi connectivity index (χ4n) is 2.59. The van der Waals surface area contributed by atoms with Crippen LogP contribution in [0.3, 0.4) is 0 Å². The lowest BCUT2D eigenvalue weighted by atomic mass is 9.96. The van der Waals surface area contributed by atoms with Crippen molar-refractivity contribution in [3.63, 3.8) is 0 Å². The van der Waals surface area contributed by atoms with E-state index in [-0.39, 0.29) is 24.5 Å². The highest BCUT2D eigenvalue weighted by atomic mass is 16.3. The Balaban J connectivity index is 2.02. The molecule has 22 heavy (non-hydrogen) atoms. The largest absolute Gasteiger partial charge is 0.394 e. The Morgan fingerprint density at radius 3 is 2.77 bits per heavy atom. The minimum atomic E-state index is -0.185. The number of amides is 1. The first-order valence-electron chi connectivity index (χ1n) is 7.86. The lowest BCUT2D eigenvalue weighted by Gasteiger charge is -2.23. The molecule has 0 bridgehead atoms. The first-order chi connectivity index (χ1) is 10.6. The maximum atomic E-state index is 12.3. The van der Waals surface area contributed by atoms with Gasteiger partial charge in [0.1, 0.15) is 0 Å². The van der Waals surface area contributed by atoms with Crippen LogP contribution in [0.4, 0.5) is 0 Å². The molecule has 1 aromatic heterocycles. The monoisotopic (exact) mass is 301 g/mol. The van der Waals surface area contributed by atoms with E-state index in [2.05, 4.69) is 23.3 Å². The number of aliphatic hydroxyl groups excluding tert-OH is 1. The van der Waals surface area contributed by atoms with E-state index in [9.17, 15) is 9.90 Å². The summed E-state index contributed by atoms with van der Waals surface area (Å²) in [5.41, 5.74) is 2.20. The van der Waals surface area contributed by atoms with Crippen molar-refractivity contribution >= 4 is 16.8 Å². The summed E-state index contributed by atoms with van der Waals surface area (Å²) >= 11 is 0. The Morgan fingerprint density at radius 1 is 1.36 bits per heavy atom. The van der Waals surface area contributed by atoms with Gasteiger partial charge in [-0.1, -0.05) is 38.5 Å². The van der Waals surface area contributed by atoms with Gasteiger partial charge < -0.3 is 15.4 Å². The van der Waals surface area contributed by atoms with E-state index in [4.69, 9.17) is 0 Å². The van der Waals surface area contributed by atoms with Gasteiger partial charge in [0.05, 0.1) is 18.6 Å². The molecule has 1 radical (unpaired) electrons. The standard InChI is InChI=1S/C18H25N2O2/c1-4-12(2)17(11-21)20-18(22)13(3)9-14-10-19-16-8-6-5-7-15(14)16/h5-8,10,12,17,19,21H,4,9,11H2,1-3H3,(H,20,22). The first-order valence-corrected chi connectivity index (χ1v) is 7.86. The van der Waals surface area contributed by atoms with Crippen molar-refractivity contribution in [1.29, 1.82) is 0 Å². The number of para-hydroxylation sites is 1. The van der Waals surface area contributed by atoms with Crippen molar-refractivity contribution in [3.05, 3.63) is 41.9 Å². The summed E-state index contributed by atoms with van der Waals surface area (Å²) in [6.07, 6.45) is 3.49. The minimum Gasteiger partial charge on any atom is -0.394 e. The number of nitrogens with one attached hydrogen (secondary N) is 2. The van der Waals surface area contributed by atoms with Crippen LogP contribution in [0.1, 0.15) is 32.8 Å². The van der Waals surface area contributed by atoms with Gasteiger partial charge in [0.2, 0.25) is 5.91 Å². The molecule has 0 saturated carbocycles. The summed E-state index contributed by atoms with van der Waals surface area (Å²) in [6.45, 7) is 5.92. The fraction of sp³-hybridized carbons (Fsp3) is 0.444. The molecular weight excluding hydrogens is 276 g/mol. The van der Waals surface area contributed by atoms with Crippen molar-refractivity contribution in [2.75, 3.05) is 6.61 Å². The van der Waals surface area contributed by atoms with E-state index < -0.39 is 0 Å². The molecule has 0 aliphatic carbocycles. The van der Waals surface area contributed by atoms with Gasteiger partial charge in [0.15, 0.2) is 0 Å². The van der Waals surface area contributed by atoms with Gasteiger partial charge in [-0.05, 0) is 30.9 Å². The zero-order valence-electron chi connectivity index (χ0n) is 13.5. The Bertz CT molecular complexity index is 620. The molecule has 1 amide bonds. The molecule has 4 nitrogen and oxygen atoms in total. The lowest BCUT2D eigenvalue weighted by Crippen LogP contribution is -2.43. The summed E-state index contributed by atoms with van der Waals surface area (Å²) in [7, 11) is 0. The van der Waals surface area contributed by atoms with Crippen LogP contribution >= 0.6 is 0 Å². The summed E-state index contributed by atoms with van der Waals surface area (Å²) in [5.74, 6) is 0.936. The van der Waals surface area contributed by atoms with E-state index in [1.807, 2.05) is 38.2 Å². The van der Waals surface area contributed by atoms with Gasteiger partial charge in [-0.3, -0.25) is 4.79 Å². The Labute approximate surface area is 131 Å². The quantitative estimate of drug-likeness (QED) is 0.736. The maximum Gasteiger partial charge on any atom is 0.227 e. The smallest absolute Gasteiger partial charge is 0.227 e. The average molecular weight is 301 g/mol. The van der Waals surface area contributed by atoms with E-state index in [1.54, 1.807) is 0 Å². The van der Waals surface area contributed by atoms with E-state index in [0.717, 1.165) is 28.8 Å². The second-order valence-corrected chi connectivity index (χ2v) is 5.96. The number of hydrogen-bond donors (Lipinski definition) is 3. The fourth-order valence-corrected chi connectivity index (χ4v) is 2.59. The molecule has 1 aromatic carbocycles. The van der Waals surface area contributed by atoms with Crippen LogP contribution in [0.2, 0.25) is 0 Å². The molecular formula is C18H25N2O2. The summed E-state index contributed by atoms with van der Waals surface area (Å²) < 4.78 is 0. The van der Waals surface area contributed by atoms with Gasteiger partial charge in [-0.2, -0.15) is 0 Å². The molecule has 2 aromatic rings. The van der Waals surface area contributed by atoms with Gasteiger partial charge in [-0.15, -0.1) is 0 Å². The molecule has 1 heterocycles. The van der Waals surface area contributed by atoms with E-state index in [1.165, 1.54) is 0 Å². The van der Waals surface area contributed by atoms with Crippen molar-refractivity contribution in [3.8, 4) is 0 Å². The molecule has 0 spiro atoms. The van der Waals surface area contributed by atoms with Crippen LogP contribution in [0, 0.1) is 11.8 Å². The number of H-pyrrole nitrogens is 1. The average Bonchev–Trinajstić information content (AvgIpc) is 2.94. The van der Waals surface area contributed by atoms with Crippen molar-refractivity contribution in [2.45, 2.75) is 39.7 Å². The zero-order valence-corrected chi connectivity index (χ0v) is 13.5. The second kappa shape index (κ2) is 7.45. The van der Waals surface area contributed by atoms with Crippen LogP contribution in [0.25, 0.3) is 10.9 Å². The number of aromatic nitrogens is 1. The van der Waals surface area contributed by atoms with Crippen molar-refractivity contribution in [2.24, 2.45) is 5.92 Å². The van der Waals surface area contributed by atoms with E-state index in [0.29, 0.717) is 6.42 Å². The maximum absolute atomic E-state index is 12.3. The molecule has 2 rings (SSSR count). The van der Waals surface area contributed by atoms with Gasteiger partial charge in [0.25, 0.3) is 0 Å². The molecule has 2 unspecified atom stereocenters. The minimum absolute atomic E-state index is 0.0267. The number of aromatic amines is 1. The van der Waals surface area contributed by atoms with Crippen molar-refractivity contribution < 1.29 is 9.90 Å². The lowest BCUT2D eigenvalue weighted by molar-refractivity contribution is -0.120. The molecule has 0 fully saturated rings. The zero-order chi connectivity index (χ0) is 16.1. The van der Waals surface area contributed by atoms with E-state index >= 15 is 0 Å². The van der Waals surface area contributed by atoms with Crippen LogP contribution < -0.4 is 5.32 Å². The van der Waals surface area contributed by atoms with Crippen LogP contribution in [-0.2, 0) is 11.2 Å². The summed E-state index contributed by atoms with van der Waals surface area (Å²) in [4.78, 5) is 15.6. The van der Waals surface area contributed by atoms with Crippen LogP contribution in [0.5, 0.6) is 0 Å². The highest BCUT2D eigenvalue weighted by Crippen LogP contribution is 2.21. The number of carbonyl (C=O) groups excluding carboxylic acids is 1. The van der Waals surface area contributed by atoms with Crippen LogP contribution in [-0.4, -0.2) is 28.6 Å². The normalized spacial score (nSPS) is 14.2. The first kappa shape index (κ1) is 16.6. The van der Waals surface area contributed by atoms with Gasteiger partial charge in [-0.25, -0.2) is 0 Å². The molecule has 0 aliphatic heterocycles. The number of benzene rings is 1. The van der Waals surface area contributed by atoms with Gasteiger partial charge >= 0.3 is 0 Å². The summed E-state index contributed by atoms with van der Waals surface area (Å²) in [5, 5.41) is 13.5. The Hall–Kier alpha value is -1.81. The number of hydrogen-bond acceptors (Lipinski definition) is 2. The number of rotatable bonds is 7. The summed E-state index contributed by atoms with van der Waals surface area (Å²) in [6, 6.07) is 7.89. The third kappa shape index (κ3) is 3.69. The Kier molecular flexibility index (Phi) is 5.61. The Morgan fingerprint density at radius 2 is 2.09 bits per heavy atom. The SMILES string of the molecule is CCC(C)C(CO)NC(=O)[C](C)Cc1c[nH]c2ccccc12. The number of fused-ring (bicyclic) bond motifs is 1. The highest BCUT2D eigenvalue weighted by molar-refractivity contribution is 5.91. The molecule has 119 valence electrons. The predicted molar refractivity (Wildman–Crippen MR) is 89.4 cm³/mol. The highest BCUT2D eigenvalue weighted by Gasteiger charge is 2.22. The third-order valence-corrected chi connectivity index (χ3v) is 4.36.